The van der Waals surface area contributed by atoms with Gasteiger partial charge in [0.2, 0.25) is 0 Å². The summed E-state index contributed by atoms with van der Waals surface area (Å²) < 4.78 is 0. The zero-order valence-corrected chi connectivity index (χ0v) is 14.0. The molecule has 0 amide bonds. The predicted molar refractivity (Wildman–Crippen MR) is 91.6 cm³/mol. The van der Waals surface area contributed by atoms with Gasteiger partial charge in [0.15, 0.2) is 5.43 Å². The largest absolute Gasteiger partial charge is 0.358 e. The standard InChI is InChI=1S/C18H25N3O/c1-12-9-13(2)17-16(10-12)19-14(3)15(18(17)22)11-21-7-5-20(4)6-8-21/h9-10H,5-8,11H2,1-4H3,(H,19,22). The van der Waals surface area contributed by atoms with E-state index in [0.717, 1.165) is 60.4 Å². The van der Waals surface area contributed by atoms with Gasteiger partial charge in [0, 0.05) is 49.4 Å². The Morgan fingerprint density at radius 2 is 1.77 bits per heavy atom. The number of aryl methyl sites for hydroxylation is 3. The number of rotatable bonds is 2. The number of likely N-dealkylation sites (N-methyl/N-ethyl adjacent to an activating group) is 1. The molecule has 1 saturated heterocycles. The first-order valence-electron chi connectivity index (χ1n) is 7.99. The van der Waals surface area contributed by atoms with Gasteiger partial charge in [0.1, 0.15) is 0 Å². The van der Waals surface area contributed by atoms with E-state index in [1.54, 1.807) is 0 Å². The van der Waals surface area contributed by atoms with Crippen molar-refractivity contribution in [3.05, 3.63) is 44.7 Å². The van der Waals surface area contributed by atoms with Crippen LogP contribution in [0.15, 0.2) is 16.9 Å². The number of hydrogen-bond acceptors (Lipinski definition) is 3. The third kappa shape index (κ3) is 2.81. The van der Waals surface area contributed by atoms with E-state index in [9.17, 15) is 4.79 Å². The molecule has 2 aromatic rings. The van der Waals surface area contributed by atoms with Crippen molar-refractivity contribution in [2.75, 3.05) is 33.2 Å². The molecule has 0 bridgehead atoms. The number of fused-ring (bicyclic) bond motifs is 1. The highest BCUT2D eigenvalue weighted by molar-refractivity contribution is 5.83. The van der Waals surface area contributed by atoms with Gasteiger partial charge in [-0.05, 0) is 45.0 Å². The molecule has 0 spiro atoms. The number of hydrogen-bond donors (Lipinski definition) is 1. The van der Waals surface area contributed by atoms with E-state index < -0.39 is 0 Å². The summed E-state index contributed by atoms with van der Waals surface area (Å²) in [5, 5.41) is 0.848. The lowest BCUT2D eigenvalue weighted by molar-refractivity contribution is 0.147. The highest BCUT2D eigenvalue weighted by Crippen LogP contribution is 2.18. The fourth-order valence-electron chi connectivity index (χ4n) is 3.39. The first kappa shape index (κ1) is 15.3. The van der Waals surface area contributed by atoms with Crippen LogP contribution in [0.3, 0.4) is 0 Å². The van der Waals surface area contributed by atoms with E-state index >= 15 is 0 Å². The molecule has 4 nitrogen and oxygen atoms in total. The van der Waals surface area contributed by atoms with Crippen molar-refractivity contribution in [3.8, 4) is 0 Å². The molecular weight excluding hydrogens is 274 g/mol. The molecule has 1 aromatic heterocycles. The molecular formula is C18H25N3O. The Hall–Kier alpha value is -1.65. The maximum absolute atomic E-state index is 13.0. The van der Waals surface area contributed by atoms with Gasteiger partial charge in [-0.25, -0.2) is 0 Å². The summed E-state index contributed by atoms with van der Waals surface area (Å²) in [5.74, 6) is 0. The average molecular weight is 299 g/mol. The van der Waals surface area contributed by atoms with E-state index in [1.165, 1.54) is 5.56 Å². The van der Waals surface area contributed by atoms with Crippen molar-refractivity contribution in [2.45, 2.75) is 27.3 Å². The molecule has 118 valence electrons. The SMILES string of the molecule is Cc1cc(C)c2c(=O)c(CN3CCN(C)CC3)c(C)[nH]c2c1. The van der Waals surface area contributed by atoms with Gasteiger partial charge in [-0.3, -0.25) is 9.69 Å². The van der Waals surface area contributed by atoms with Crippen molar-refractivity contribution in [1.29, 1.82) is 0 Å². The molecule has 1 aliphatic rings. The highest BCUT2D eigenvalue weighted by Gasteiger charge is 2.18. The minimum Gasteiger partial charge on any atom is -0.358 e. The number of aromatic nitrogens is 1. The molecule has 0 radical (unpaired) electrons. The molecule has 0 unspecified atom stereocenters. The maximum Gasteiger partial charge on any atom is 0.194 e. The lowest BCUT2D eigenvalue weighted by atomic mass is 10.0. The van der Waals surface area contributed by atoms with Crippen LogP contribution in [0.2, 0.25) is 0 Å². The molecule has 2 heterocycles. The molecule has 4 heteroatoms. The van der Waals surface area contributed by atoms with Crippen LogP contribution in [-0.2, 0) is 6.54 Å². The zero-order chi connectivity index (χ0) is 15.9. The van der Waals surface area contributed by atoms with Crippen LogP contribution in [0.5, 0.6) is 0 Å². The fraction of sp³-hybridized carbons (Fsp3) is 0.500. The van der Waals surface area contributed by atoms with Crippen LogP contribution in [0, 0.1) is 20.8 Å². The van der Waals surface area contributed by atoms with Crippen LogP contribution >= 0.6 is 0 Å². The van der Waals surface area contributed by atoms with Crippen LogP contribution in [0.4, 0.5) is 0 Å². The molecule has 22 heavy (non-hydrogen) atoms. The molecule has 1 fully saturated rings. The zero-order valence-electron chi connectivity index (χ0n) is 14.0. The van der Waals surface area contributed by atoms with Crippen LogP contribution in [0.1, 0.15) is 22.4 Å². The van der Waals surface area contributed by atoms with E-state index in [2.05, 4.69) is 40.9 Å². The lowest BCUT2D eigenvalue weighted by Crippen LogP contribution is -2.44. The molecule has 3 rings (SSSR count). The first-order valence-corrected chi connectivity index (χ1v) is 7.99. The van der Waals surface area contributed by atoms with Gasteiger partial charge in [-0.15, -0.1) is 0 Å². The van der Waals surface area contributed by atoms with Gasteiger partial charge >= 0.3 is 0 Å². The second-order valence-corrected chi connectivity index (χ2v) is 6.64. The van der Waals surface area contributed by atoms with E-state index in [1.807, 2.05) is 13.8 Å². The highest BCUT2D eigenvalue weighted by atomic mass is 16.1. The molecule has 0 aliphatic carbocycles. The first-order chi connectivity index (χ1) is 10.5. The monoisotopic (exact) mass is 299 g/mol. The van der Waals surface area contributed by atoms with Crippen molar-refractivity contribution in [3.63, 3.8) is 0 Å². The second-order valence-electron chi connectivity index (χ2n) is 6.64. The van der Waals surface area contributed by atoms with Gasteiger partial charge in [-0.1, -0.05) is 6.07 Å². The van der Waals surface area contributed by atoms with Crippen molar-refractivity contribution < 1.29 is 0 Å². The Kier molecular flexibility index (Phi) is 4.06. The van der Waals surface area contributed by atoms with E-state index in [4.69, 9.17) is 0 Å². The Bertz CT molecular complexity index is 755. The number of nitrogens with one attached hydrogen (secondary N) is 1. The number of benzene rings is 1. The lowest BCUT2D eigenvalue weighted by Gasteiger charge is -2.32. The summed E-state index contributed by atoms with van der Waals surface area (Å²) in [4.78, 5) is 21.1. The summed E-state index contributed by atoms with van der Waals surface area (Å²) in [6, 6.07) is 4.16. The maximum atomic E-state index is 13.0. The number of pyridine rings is 1. The Balaban J connectivity index is 2.01. The smallest absolute Gasteiger partial charge is 0.194 e. The minimum absolute atomic E-state index is 0.197. The summed E-state index contributed by atoms with van der Waals surface area (Å²) in [6.45, 7) is 11.1. The van der Waals surface area contributed by atoms with Crippen molar-refractivity contribution in [2.24, 2.45) is 0 Å². The van der Waals surface area contributed by atoms with Gasteiger partial charge < -0.3 is 9.88 Å². The molecule has 1 aromatic carbocycles. The van der Waals surface area contributed by atoms with E-state index in [0.29, 0.717) is 0 Å². The number of nitrogens with zero attached hydrogens (tertiary/aromatic N) is 2. The Labute approximate surface area is 131 Å². The molecule has 1 aliphatic heterocycles. The predicted octanol–water partition coefficient (Wildman–Crippen LogP) is 2.20. The quantitative estimate of drug-likeness (QED) is 0.924. The number of H-pyrrole nitrogens is 1. The summed E-state index contributed by atoms with van der Waals surface area (Å²) in [7, 11) is 2.15. The molecule has 0 saturated carbocycles. The van der Waals surface area contributed by atoms with E-state index in [-0.39, 0.29) is 5.43 Å². The number of aromatic amines is 1. The third-order valence-corrected chi connectivity index (χ3v) is 4.73. The Morgan fingerprint density at radius 1 is 1.09 bits per heavy atom. The van der Waals surface area contributed by atoms with Crippen LogP contribution in [-0.4, -0.2) is 48.0 Å². The van der Waals surface area contributed by atoms with Crippen LogP contribution in [0.25, 0.3) is 10.9 Å². The summed E-state index contributed by atoms with van der Waals surface area (Å²) >= 11 is 0. The molecule has 0 atom stereocenters. The fourth-order valence-corrected chi connectivity index (χ4v) is 3.39. The van der Waals surface area contributed by atoms with Crippen molar-refractivity contribution in [1.82, 2.24) is 14.8 Å². The second kappa shape index (κ2) is 5.86. The average Bonchev–Trinajstić information content (AvgIpc) is 2.44. The van der Waals surface area contributed by atoms with Crippen LogP contribution < -0.4 is 5.43 Å². The van der Waals surface area contributed by atoms with Gasteiger partial charge in [0.25, 0.3) is 0 Å². The normalized spacial score (nSPS) is 17.3. The molecule has 1 N–H and O–H groups in total. The van der Waals surface area contributed by atoms with Gasteiger partial charge in [0.05, 0.1) is 5.52 Å². The van der Waals surface area contributed by atoms with Crippen molar-refractivity contribution >= 4 is 10.9 Å². The number of piperazine rings is 1. The van der Waals surface area contributed by atoms with Gasteiger partial charge in [-0.2, -0.15) is 0 Å². The summed E-state index contributed by atoms with van der Waals surface area (Å²) in [5.41, 5.74) is 5.33. The summed E-state index contributed by atoms with van der Waals surface area (Å²) in [6.07, 6.45) is 0. The topological polar surface area (TPSA) is 39.3 Å². The Morgan fingerprint density at radius 3 is 2.45 bits per heavy atom. The minimum atomic E-state index is 0.197. The third-order valence-electron chi connectivity index (χ3n) is 4.73.